The lowest BCUT2D eigenvalue weighted by Gasteiger charge is -2.38. The van der Waals surface area contributed by atoms with Crippen LogP contribution < -0.4 is 5.73 Å². The maximum absolute atomic E-state index is 12.5. The SMILES string of the molecule is Cc1ccccc1CC(=O)N(CCCN)C1CCC1. The van der Waals surface area contributed by atoms with Crippen molar-refractivity contribution in [2.75, 3.05) is 13.1 Å². The van der Waals surface area contributed by atoms with E-state index < -0.39 is 0 Å². The highest BCUT2D eigenvalue weighted by Gasteiger charge is 2.28. The van der Waals surface area contributed by atoms with Gasteiger partial charge in [-0.1, -0.05) is 24.3 Å². The van der Waals surface area contributed by atoms with Gasteiger partial charge in [-0.25, -0.2) is 0 Å². The molecule has 0 heterocycles. The van der Waals surface area contributed by atoms with Crippen LogP contribution in [0.4, 0.5) is 0 Å². The van der Waals surface area contributed by atoms with Crippen LogP contribution in [0.3, 0.4) is 0 Å². The molecule has 2 rings (SSSR count). The van der Waals surface area contributed by atoms with Crippen molar-refractivity contribution in [3.05, 3.63) is 35.4 Å². The highest BCUT2D eigenvalue weighted by Crippen LogP contribution is 2.25. The third-order valence-corrected chi connectivity index (χ3v) is 4.04. The second-order valence-electron chi connectivity index (χ2n) is 5.42. The summed E-state index contributed by atoms with van der Waals surface area (Å²) in [7, 11) is 0. The zero-order valence-electron chi connectivity index (χ0n) is 11.8. The molecular formula is C16H24N2O. The average Bonchev–Trinajstić information content (AvgIpc) is 2.34. The molecule has 2 N–H and O–H groups in total. The van der Waals surface area contributed by atoms with Crippen LogP contribution in [0, 0.1) is 6.92 Å². The van der Waals surface area contributed by atoms with Gasteiger partial charge in [0, 0.05) is 12.6 Å². The molecular weight excluding hydrogens is 236 g/mol. The Morgan fingerprint density at radius 1 is 1.37 bits per heavy atom. The van der Waals surface area contributed by atoms with Crippen molar-refractivity contribution in [3.63, 3.8) is 0 Å². The maximum Gasteiger partial charge on any atom is 0.227 e. The number of hydrogen-bond acceptors (Lipinski definition) is 2. The summed E-state index contributed by atoms with van der Waals surface area (Å²) in [6.07, 6.45) is 4.99. The van der Waals surface area contributed by atoms with Crippen LogP contribution in [0.25, 0.3) is 0 Å². The molecule has 19 heavy (non-hydrogen) atoms. The molecule has 0 aromatic heterocycles. The largest absolute Gasteiger partial charge is 0.339 e. The molecule has 1 aliphatic rings. The molecule has 1 amide bonds. The molecule has 3 heteroatoms. The van der Waals surface area contributed by atoms with E-state index in [1.54, 1.807) is 0 Å². The molecule has 1 aliphatic carbocycles. The zero-order valence-corrected chi connectivity index (χ0v) is 11.8. The van der Waals surface area contributed by atoms with Gasteiger partial charge in [0.15, 0.2) is 0 Å². The Morgan fingerprint density at radius 2 is 2.11 bits per heavy atom. The predicted molar refractivity (Wildman–Crippen MR) is 77.9 cm³/mol. The zero-order chi connectivity index (χ0) is 13.7. The molecule has 1 fully saturated rings. The summed E-state index contributed by atoms with van der Waals surface area (Å²) in [5.41, 5.74) is 7.92. The fraction of sp³-hybridized carbons (Fsp3) is 0.562. The average molecular weight is 260 g/mol. The maximum atomic E-state index is 12.5. The summed E-state index contributed by atoms with van der Waals surface area (Å²) in [6, 6.07) is 8.60. The van der Waals surface area contributed by atoms with E-state index in [0.717, 1.165) is 31.4 Å². The number of carbonyl (C=O) groups excluding carboxylic acids is 1. The van der Waals surface area contributed by atoms with Gasteiger partial charge >= 0.3 is 0 Å². The van der Waals surface area contributed by atoms with Crippen LogP contribution in [-0.4, -0.2) is 29.9 Å². The summed E-state index contributed by atoms with van der Waals surface area (Å²) in [5, 5.41) is 0. The predicted octanol–water partition coefficient (Wildman–Crippen LogP) is 2.27. The number of nitrogens with two attached hydrogens (primary N) is 1. The second-order valence-corrected chi connectivity index (χ2v) is 5.42. The van der Waals surface area contributed by atoms with Gasteiger partial charge in [0.2, 0.25) is 5.91 Å². The number of carbonyl (C=O) groups is 1. The summed E-state index contributed by atoms with van der Waals surface area (Å²) < 4.78 is 0. The molecule has 0 atom stereocenters. The third kappa shape index (κ3) is 3.57. The Morgan fingerprint density at radius 3 is 2.68 bits per heavy atom. The first kappa shape index (κ1) is 14.1. The van der Waals surface area contributed by atoms with Gasteiger partial charge < -0.3 is 10.6 Å². The summed E-state index contributed by atoms with van der Waals surface area (Å²) in [4.78, 5) is 14.5. The van der Waals surface area contributed by atoms with Gasteiger partial charge in [-0.05, 0) is 50.3 Å². The molecule has 1 saturated carbocycles. The number of hydrogen-bond donors (Lipinski definition) is 1. The minimum absolute atomic E-state index is 0.257. The van der Waals surface area contributed by atoms with E-state index in [1.165, 1.54) is 12.0 Å². The van der Waals surface area contributed by atoms with E-state index >= 15 is 0 Å². The Labute approximate surface area is 115 Å². The molecule has 0 unspecified atom stereocenters. The van der Waals surface area contributed by atoms with Crippen LogP contribution in [0.5, 0.6) is 0 Å². The highest BCUT2D eigenvalue weighted by molar-refractivity contribution is 5.79. The number of aryl methyl sites for hydroxylation is 1. The van der Waals surface area contributed by atoms with Crippen LogP contribution in [0.15, 0.2) is 24.3 Å². The number of amides is 1. The smallest absolute Gasteiger partial charge is 0.227 e. The first-order valence-electron chi connectivity index (χ1n) is 7.26. The molecule has 0 aliphatic heterocycles. The molecule has 0 radical (unpaired) electrons. The molecule has 0 bridgehead atoms. The molecule has 1 aromatic rings. The monoisotopic (exact) mass is 260 g/mol. The van der Waals surface area contributed by atoms with Gasteiger partial charge in [-0.2, -0.15) is 0 Å². The van der Waals surface area contributed by atoms with Crippen LogP contribution in [0.2, 0.25) is 0 Å². The van der Waals surface area contributed by atoms with Gasteiger partial charge in [-0.3, -0.25) is 4.79 Å². The first-order valence-corrected chi connectivity index (χ1v) is 7.26. The van der Waals surface area contributed by atoms with Gasteiger partial charge in [0.25, 0.3) is 0 Å². The number of nitrogens with zero attached hydrogens (tertiary/aromatic N) is 1. The Kier molecular flexibility index (Phi) is 4.97. The van der Waals surface area contributed by atoms with Crippen molar-refractivity contribution in [2.24, 2.45) is 5.73 Å². The molecule has 0 saturated heterocycles. The fourth-order valence-corrected chi connectivity index (χ4v) is 2.54. The first-order chi connectivity index (χ1) is 9.22. The Bertz CT molecular complexity index is 427. The third-order valence-electron chi connectivity index (χ3n) is 4.04. The standard InChI is InChI=1S/C16H24N2O/c1-13-6-2-3-7-14(13)12-16(19)18(11-5-10-17)15-8-4-9-15/h2-3,6-7,15H,4-5,8-12,17H2,1H3. The van der Waals surface area contributed by atoms with Crippen LogP contribution in [0.1, 0.15) is 36.8 Å². The van der Waals surface area contributed by atoms with E-state index in [4.69, 9.17) is 5.73 Å². The van der Waals surface area contributed by atoms with Crippen molar-refractivity contribution >= 4 is 5.91 Å². The number of rotatable bonds is 6. The molecule has 1 aromatic carbocycles. The van der Waals surface area contributed by atoms with E-state index in [0.29, 0.717) is 19.0 Å². The van der Waals surface area contributed by atoms with Crippen LogP contribution in [-0.2, 0) is 11.2 Å². The molecule has 0 spiro atoms. The second kappa shape index (κ2) is 6.71. The van der Waals surface area contributed by atoms with E-state index in [1.807, 2.05) is 12.1 Å². The summed E-state index contributed by atoms with van der Waals surface area (Å²) in [5.74, 6) is 0.257. The fourth-order valence-electron chi connectivity index (χ4n) is 2.54. The van der Waals surface area contributed by atoms with Crippen molar-refractivity contribution in [3.8, 4) is 0 Å². The molecule has 3 nitrogen and oxygen atoms in total. The minimum Gasteiger partial charge on any atom is -0.339 e. The molecule has 104 valence electrons. The number of benzene rings is 1. The van der Waals surface area contributed by atoms with Gasteiger partial charge in [0.1, 0.15) is 0 Å². The van der Waals surface area contributed by atoms with E-state index in [-0.39, 0.29) is 5.91 Å². The van der Waals surface area contributed by atoms with Crippen LogP contribution >= 0.6 is 0 Å². The van der Waals surface area contributed by atoms with Crippen molar-refractivity contribution in [1.82, 2.24) is 4.90 Å². The highest BCUT2D eigenvalue weighted by atomic mass is 16.2. The van der Waals surface area contributed by atoms with Gasteiger partial charge in [-0.15, -0.1) is 0 Å². The summed E-state index contributed by atoms with van der Waals surface area (Å²) in [6.45, 7) is 3.53. The quantitative estimate of drug-likeness (QED) is 0.853. The minimum atomic E-state index is 0.257. The normalized spacial score (nSPS) is 15.1. The lowest BCUT2D eigenvalue weighted by Crippen LogP contribution is -2.45. The Hall–Kier alpha value is -1.35. The summed E-state index contributed by atoms with van der Waals surface area (Å²) >= 11 is 0. The topological polar surface area (TPSA) is 46.3 Å². The van der Waals surface area contributed by atoms with E-state index in [9.17, 15) is 4.79 Å². The Balaban J connectivity index is 2.00. The van der Waals surface area contributed by atoms with Crippen molar-refractivity contribution < 1.29 is 4.79 Å². The van der Waals surface area contributed by atoms with E-state index in [2.05, 4.69) is 24.0 Å². The lowest BCUT2D eigenvalue weighted by atomic mass is 9.90. The van der Waals surface area contributed by atoms with Crippen molar-refractivity contribution in [2.45, 2.75) is 45.1 Å². The lowest BCUT2D eigenvalue weighted by molar-refractivity contribution is -0.134. The van der Waals surface area contributed by atoms with Gasteiger partial charge in [0.05, 0.1) is 6.42 Å². The van der Waals surface area contributed by atoms with Crippen molar-refractivity contribution in [1.29, 1.82) is 0 Å².